The fourth-order valence-electron chi connectivity index (χ4n) is 2.33. The zero-order valence-corrected chi connectivity index (χ0v) is 15.6. The molecule has 0 aliphatic heterocycles. The molecule has 0 aromatic heterocycles. The molecule has 0 radical (unpaired) electrons. The molecule has 2 rings (SSSR count). The molecular formula is C20H23N3O2S. The van der Waals surface area contributed by atoms with Crippen molar-refractivity contribution in [2.75, 3.05) is 11.9 Å². The molecule has 0 heterocycles. The van der Waals surface area contributed by atoms with Crippen LogP contribution in [0.2, 0.25) is 0 Å². The van der Waals surface area contributed by atoms with Gasteiger partial charge < -0.3 is 16.0 Å². The second-order valence-corrected chi connectivity index (χ2v) is 6.23. The lowest BCUT2D eigenvalue weighted by Crippen LogP contribution is -2.34. The van der Waals surface area contributed by atoms with E-state index in [4.69, 9.17) is 12.2 Å². The van der Waals surface area contributed by atoms with Gasteiger partial charge in [0.05, 0.1) is 0 Å². The van der Waals surface area contributed by atoms with Crippen LogP contribution in [0.25, 0.3) is 0 Å². The van der Waals surface area contributed by atoms with Gasteiger partial charge in [0.25, 0.3) is 5.91 Å². The van der Waals surface area contributed by atoms with Gasteiger partial charge in [0.2, 0.25) is 5.91 Å². The number of hydrogen-bond donors (Lipinski definition) is 3. The largest absolute Gasteiger partial charge is 0.352 e. The third-order valence-corrected chi connectivity index (χ3v) is 3.86. The average Bonchev–Trinajstić information content (AvgIpc) is 2.65. The van der Waals surface area contributed by atoms with Crippen molar-refractivity contribution >= 4 is 34.8 Å². The third kappa shape index (κ3) is 6.64. The molecule has 0 unspecified atom stereocenters. The van der Waals surface area contributed by atoms with Crippen LogP contribution in [-0.4, -0.2) is 23.5 Å². The number of benzene rings is 2. The average molecular weight is 369 g/mol. The molecule has 2 aromatic carbocycles. The number of carbonyl (C=O) groups is 2. The molecular weight excluding hydrogens is 346 g/mol. The summed E-state index contributed by atoms with van der Waals surface area (Å²) in [5.74, 6) is -0.281. The standard InChI is InChI=1S/C20H23N3O2S/c1-2-13-21-19(25)16-9-6-10-17(14-16)22-20(26)23-18(24)12-11-15-7-4-3-5-8-15/h3-10,14H,2,11-13H2,1H3,(H,21,25)(H2,22,23,24,26). The van der Waals surface area contributed by atoms with Gasteiger partial charge in [0.15, 0.2) is 5.11 Å². The molecule has 26 heavy (non-hydrogen) atoms. The molecule has 0 saturated heterocycles. The molecule has 2 aromatic rings. The zero-order valence-electron chi connectivity index (χ0n) is 14.7. The highest BCUT2D eigenvalue weighted by Gasteiger charge is 2.08. The first-order valence-electron chi connectivity index (χ1n) is 8.61. The first kappa shape index (κ1) is 19.6. The summed E-state index contributed by atoms with van der Waals surface area (Å²) in [6.07, 6.45) is 1.89. The van der Waals surface area contributed by atoms with Crippen LogP contribution in [0.3, 0.4) is 0 Å². The van der Waals surface area contributed by atoms with E-state index in [0.29, 0.717) is 30.6 Å². The number of carbonyl (C=O) groups excluding carboxylic acids is 2. The van der Waals surface area contributed by atoms with Gasteiger partial charge in [0, 0.05) is 24.2 Å². The summed E-state index contributed by atoms with van der Waals surface area (Å²) in [6.45, 7) is 2.63. The highest BCUT2D eigenvalue weighted by molar-refractivity contribution is 7.80. The second kappa shape index (κ2) is 10.3. The maximum absolute atomic E-state index is 12.0. The molecule has 0 aliphatic rings. The van der Waals surface area contributed by atoms with Crippen LogP contribution in [0.4, 0.5) is 5.69 Å². The number of aryl methyl sites for hydroxylation is 1. The van der Waals surface area contributed by atoms with Crippen molar-refractivity contribution in [3.05, 3.63) is 65.7 Å². The van der Waals surface area contributed by atoms with Gasteiger partial charge >= 0.3 is 0 Å². The highest BCUT2D eigenvalue weighted by atomic mass is 32.1. The van der Waals surface area contributed by atoms with Crippen LogP contribution in [0.15, 0.2) is 54.6 Å². The number of amides is 2. The number of thiocarbonyl (C=S) groups is 1. The topological polar surface area (TPSA) is 70.2 Å². The maximum atomic E-state index is 12.0. The normalized spacial score (nSPS) is 10.0. The van der Waals surface area contributed by atoms with E-state index < -0.39 is 0 Å². The molecule has 0 spiro atoms. The van der Waals surface area contributed by atoms with Gasteiger partial charge in [-0.15, -0.1) is 0 Å². The number of rotatable bonds is 7. The molecule has 0 atom stereocenters. The van der Waals surface area contributed by atoms with Gasteiger partial charge in [-0.25, -0.2) is 0 Å². The van der Waals surface area contributed by atoms with E-state index in [1.807, 2.05) is 37.3 Å². The van der Waals surface area contributed by atoms with E-state index in [2.05, 4.69) is 16.0 Å². The molecule has 0 fully saturated rings. The van der Waals surface area contributed by atoms with Crippen molar-refractivity contribution in [3.8, 4) is 0 Å². The zero-order chi connectivity index (χ0) is 18.8. The summed E-state index contributed by atoms with van der Waals surface area (Å²) in [5, 5.41) is 8.65. The van der Waals surface area contributed by atoms with Crippen molar-refractivity contribution in [2.24, 2.45) is 0 Å². The Hall–Kier alpha value is -2.73. The Bertz CT molecular complexity index is 763. The van der Waals surface area contributed by atoms with Gasteiger partial charge in [0.1, 0.15) is 0 Å². The quantitative estimate of drug-likeness (QED) is 0.655. The predicted molar refractivity (Wildman–Crippen MR) is 108 cm³/mol. The van der Waals surface area contributed by atoms with Crippen LogP contribution >= 0.6 is 12.2 Å². The minimum atomic E-state index is -0.150. The van der Waals surface area contributed by atoms with Crippen LogP contribution in [0.1, 0.15) is 35.7 Å². The number of anilines is 1. The molecule has 5 nitrogen and oxygen atoms in total. The van der Waals surface area contributed by atoms with Gasteiger partial charge in [-0.05, 0) is 48.8 Å². The van der Waals surface area contributed by atoms with Gasteiger partial charge in [-0.2, -0.15) is 0 Å². The second-order valence-electron chi connectivity index (χ2n) is 5.82. The molecule has 0 aliphatic carbocycles. The Balaban J connectivity index is 1.83. The lowest BCUT2D eigenvalue weighted by atomic mass is 10.1. The Labute approximate surface area is 159 Å². The highest BCUT2D eigenvalue weighted by Crippen LogP contribution is 2.11. The van der Waals surface area contributed by atoms with Crippen molar-refractivity contribution in [3.63, 3.8) is 0 Å². The van der Waals surface area contributed by atoms with Gasteiger partial charge in [-0.1, -0.05) is 43.3 Å². The monoisotopic (exact) mass is 369 g/mol. The van der Waals surface area contributed by atoms with Crippen LogP contribution in [0, 0.1) is 0 Å². The van der Waals surface area contributed by atoms with Crippen molar-refractivity contribution in [1.29, 1.82) is 0 Å². The lowest BCUT2D eigenvalue weighted by Gasteiger charge is -2.11. The van der Waals surface area contributed by atoms with Crippen LogP contribution in [0.5, 0.6) is 0 Å². The predicted octanol–water partition coefficient (Wildman–Crippen LogP) is 3.27. The molecule has 0 bridgehead atoms. The first-order valence-corrected chi connectivity index (χ1v) is 9.02. The van der Waals surface area contributed by atoms with E-state index in [9.17, 15) is 9.59 Å². The molecule has 0 saturated carbocycles. The Morgan fingerprint density at radius 2 is 1.81 bits per heavy atom. The summed E-state index contributed by atoms with van der Waals surface area (Å²) in [4.78, 5) is 24.0. The Morgan fingerprint density at radius 1 is 1.04 bits per heavy atom. The fourth-order valence-corrected chi connectivity index (χ4v) is 2.56. The van der Waals surface area contributed by atoms with Crippen molar-refractivity contribution in [2.45, 2.75) is 26.2 Å². The lowest BCUT2D eigenvalue weighted by molar-refractivity contribution is -0.119. The number of hydrogen-bond acceptors (Lipinski definition) is 3. The number of nitrogens with one attached hydrogen (secondary N) is 3. The Morgan fingerprint density at radius 3 is 2.54 bits per heavy atom. The van der Waals surface area contributed by atoms with Crippen molar-refractivity contribution < 1.29 is 9.59 Å². The minimum absolute atomic E-state index is 0.131. The molecule has 2 amide bonds. The fraction of sp³-hybridized carbons (Fsp3) is 0.250. The third-order valence-electron chi connectivity index (χ3n) is 3.65. The summed E-state index contributed by atoms with van der Waals surface area (Å²) < 4.78 is 0. The first-order chi connectivity index (χ1) is 12.6. The smallest absolute Gasteiger partial charge is 0.251 e. The van der Waals surface area contributed by atoms with Gasteiger partial charge in [-0.3, -0.25) is 9.59 Å². The van der Waals surface area contributed by atoms with E-state index in [1.165, 1.54) is 0 Å². The van der Waals surface area contributed by atoms with Crippen LogP contribution < -0.4 is 16.0 Å². The van der Waals surface area contributed by atoms with E-state index in [-0.39, 0.29) is 16.9 Å². The van der Waals surface area contributed by atoms with Crippen molar-refractivity contribution in [1.82, 2.24) is 10.6 Å². The van der Waals surface area contributed by atoms with E-state index >= 15 is 0 Å². The maximum Gasteiger partial charge on any atom is 0.251 e. The molecule has 3 N–H and O–H groups in total. The molecule has 136 valence electrons. The summed E-state index contributed by atoms with van der Waals surface area (Å²) in [6, 6.07) is 16.8. The molecule has 6 heteroatoms. The summed E-state index contributed by atoms with van der Waals surface area (Å²) in [7, 11) is 0. The van der Waals surface area contributed by atoms with Crippen LogP contribution in [-0.2, 0) is 11.2 Å². The Kier molecular flexibility index (Phi) is 7.76. The van der Waals surface area contributed by atoms with E-state index in [0.717, 1.165) is 12.0 Å². The summed E-state index contributed by atoms with van der Waals surface area (Å²) >= 11 is 5.18. The van der Waals surface area contributed by atoms with E-state index in [1.54, 1.807) is 24.3 Å². The summed E-state index contributed by atoms with van der Waals surface area (Å²) in [5.41, 5.74) is 2.30. The minimum Gasteiger partial charge on any atom is -0.352 e. The SMILES string of the molecule is CCCNC(=O)c1cccc(NC(=S)NC(=O)CCc2ccccc2)c1.